The van der Waals surface area contributed by atoms with Crippen LogP contribution in [0.4, 0.5) is 17.6 Å². The third-order valence-corrected chi connectivity index (χ3v) is 3.38. The molecule has 1 aromatic carbocycles. The minimum absolute atomic E-state index is 0.129. The molecule has 0 bridgehead atoms. The highest BCUT2D eigenvalue weighted by Gasteiger charge is 2.33. The molecule has 1 N–H and O–H groups in total. The highest BCUT2D eigenvalue weighted by atomic mass is 32.2. The summed E-state index contributed by atoms with van der Waals surface area (Å²) in [6, 6.07) is 2.02. The van der Waals surface area contributed by atoms with E-state index in [1.165, 1.54) is 13.8 Å². The fourth-order valence-electron chi connectivity index (χ4n) is 1.08. The molecule has 0 atom stereocenters. The molecule has 0 aliphatic rings. The number of halogens is 4. The maximum Gasteiger partial charge on any atom is 0.416 e. The van der Waals surface area contributed by atoms with Crippen LogP contribution in [-0.4, -0.2) is 15.8 Å². The van der Waals surface area contributed by atoms with E-state index in [1.54, 1.807) is 0 Å². The molecule has 1 aromatic rings. The second-order valence-electron chi connectivity index (χ2n) is 4.06. The molecule has 0 spiro atoms. The van der Waals surface area contributed by atoms with Gasteiger partial charge in [-0.25, -0.2) is 4.39 Å². The molecule has 2 nitrogen and oxygen atoms in total. The molecule has 0 unspecified atom stereocenters. The van der Waals surface area contributed by atoms with Gasteiger partial charge in [0.25, 0.3) is 0 Å². The predicted octanol–water partition coefficient (Wildman–Crippen LogP) is 3.80. The Bertz CT molecular complexity index is 469. The number of rotatable bonds is 3. The van der Waals surface area contributed by atoms with Crippen molar-refractivity contribution in [2.75, 3.05) is 0 Å². The van der Waals surface area contributed by atoms with Crippen molar-refractivity contribution in [1.82, 2.24) is 0 Å². The third-order valence-electron chi connectivity index (χ3n) is 2.14. The molecule has 18 heavy (non-hydrogen) atoms. The molecule has 0 fully saturated rings. The molecule has 1 rings (SSSR count). The number of alkyl halides is 3. The van der Waals surface area contributed by atoms with Gasteiger partial charge in [0, 0.05) is 4.90 Å². The van der Waals surface area contributed by atoms with Crippen LogP contribution in [0.1, 0.15) is 19.4 Å². The number of thioether (sulfide) groups is 1. The van der Waals surface area contributed by atoms with Gasteiger partial charge < -0.3 is 5.11 Å². The first-order valence-corrected chi connectivity index (χ1v) is 5.65. The van der Waals surface area contributed by atoms with E-state index in [0.29, 0.717) is 17.8 Å². The largest absolute Gasteiger partial charge is 0.480 e. The zero-order valence-corrected chi connectivity index (χ0v) is 10.3. The van der Waals surface area contributed by atoms with Crippen molar-refractivity contribution < 1.29 is 27.5 Å². The lowest BCUT2D eigenvalue weighted by Gasteiger charge is -2.19. The van der Waals surface area contributed by atoms with Gasteiger partial charge in [0.15, 0.2) is 0 Å². The second kappa shape index (κ2) is 4.79. The minimum atomic E-state index is -4.62. The smallest absolute Gasteiger partial charge is 0.416 e. The van der Waals surface area contributed by atoms with Gasteiger partial charge >= 0.3 is 12.1 Å². The van der Waals surface area contributed by atoms with E-state index in [1.807, 2.05) is 0 Å². The van der Waals surface area contributed by atoms with Gasteiger partial charge in [0.2, 0.25) is 0 Å². The van der Waals surface area contributed by atoms with Crippen molar-refractivity contribution in [1.29, 1.82) is 0 Å². The van der Waals surface area contributed by atoms with Crippen LogP contribution >= 0.6 is 11.8 Å². The predicted molar refractivity (Wildman–Crippen MR) is 59.0 cm³/mol. The maximum atomic E-state index is 13.5. The summed E-state index contributed by atoms with van der Waals surface area (Å²) in [4.78, 5) is 10.7. The minimum Gasteiger partial charge on any atom is -0.480 e. The summed E-state index contributed by atoms with van der Waals surface area (Å²) in [5.41, 5.74) is -1.10. The number of aliphatic carboxylic acids is 1. The fraction of sp³-hybridized carbons (Fsp3) is 0.364. The molecular formula is C11H10F4O2S. The van der Waals surface area contributed by atoms with Crippen molar-refractivity contribution >= 4 is 17.7 Å². The highest BCUT2D eigenvalue weighted by molar-refractivity contribution is 8.01. The summed E-state index contributed by atoms with van der Waals surface area (Å²) in [7, 11) is 0. The number of carboxylic acid groups (broad SMARTS) is 1. The first-order chi connectivity index (χ1) is 8.04. The van der Waals surface area contributed by atoms with Crippen molar-refractivity contribution in [2.24, 2.45) is 0 Å². The van der Waals surface area contributed by atoms with Crippen LogP contribution in [-0.2, 0) is 11.0 Å². The Morgan fingerprint density at radius 1 is 1.28 bits per heavy atom. The summed E-state index contributed by atoms with van der Waals surface area (Å²) in [6.45, 7) is 2.69. The Morgan fingerprint density at radius 2 is 1.83 bits per heavy atom. The van der Waals surface area contributed by atoms with E-state index in [0.717, 1.165) is 12.1 Å². The second-order valence-corrected chi connectivity index (χ2v) is 5.73. The summed E-state index contributed by atoms with van der Waals surface area (Å²) in [5.74, 6) is -2.25. The van der Waals surface area contributed by atoms with Gasteiger partial charge in [-0.2, -0.15) is 13.2 Å². The zero-order chi connectivity index (χ0) is 14.1. The van der Waals surface area contributed by atoms with Crippen LogP contribution in [0.2, 0.25) is 0 Å². The maximum absolute atomic E-state index is 13.5. The molecule has 0 saturated carbocycles. The van der Waals surface area contributed by atoms with Gasteiger partial charge in [-0.1, -0.05) is 0 Å². The van der Waals surface area contributed by atoms with Crippen LogP contribution in [0.25, 0.3) is 0 Å². The number of hydrogen-bond acceptors (Lipinski definition) is 2. The monoisotopic (exact) mass is 282 g/mol. The van der Waals surface area contributed by atoms with Crippen molar-refractivity contribution in [3.8, 4) is 0 Å². The van der Waals surface area contributed by atoms with E-state index >= 15 is 0 Å². The molecule has 0 aromatic heterocycles. The van der Waals surface area contributed by atoms with Gasteiger partial charge in [-0.3, -0.25) is 4.79 Å². The molecule has 0 amide bonds. The highest BCUT2D eigenvalue weighted by Crippen LogP contribution is 2.37. The molecular weight excluding hydrogens is 272 g/mol. The summed E-state index contributed by atoms with van der Waals surface area (Å²) in [5, 5.41) is 8.85. The molecule has 0 aliphatic carbocycles. The van der Waals surface area contributed by atoms with E-state index < -0.39 is 28.3 Å². The Kier molecular flexibility index (Phi) is 3.95. The summed E-state index contributed by atoms with van der Waals surface area (Å²) >= 11 is 0.658. The van der Waals surface area contributed by atoms with Gasteiger partial charge in [0.05, 0.1) is 5.56 Å². The molecule has 0 radical (unpaired) electrons. The molecule has 0 saturated heterocycles. The zero-order valence-electron chi connectivity index (χ0n) is 9.51. The quantitative estimate of drug-likeness (QED) is 0.677. The molecule has 100 valence electrons. The standard InChI is InChI=1S/C11H10F4O2S/c1-10(2,9(16)17)18-8-4-3-6(5-7(8)12)11(13,14)15/h3-5H,1-2H3,(H,16,17). The number of benzene rings is 1. The molecule has 0 aliphatic heterocycles. The SMILES string of the molecule is CC(C)(Sc1ccc(C(F)(F)F)cc1F)C(=O)O. The Labute approximate surface area is 105 Å². The first-order valence-electron chi connectivity index (χ1n) is 4.83. The molecule has 7 heteroatoms. The van der Waals surface area contributed by atoms with Crippen LogP contribution in [0.5, 0.6) is 0 Å². The van der Waals surface area contributed by atoms with Gasteiger partial charge in [-0.15, -0.1) is 11.8 Å². The fourth-order valence-corrected chi connectivity index (χ4v) is 2.01. The third kappa shape index (κ3) is 3.38. The lowest BCUT2D eigenvalue weighted by Crippen LogP contribution is -2.27. The number of carbonyl (C=O) groups is 1. The Balaban J connectivity index is 3.04. The number of carboxylic acids is 1. The van der Waals surface area contributed by atoms with Gasteiger partial charge in [-0.05, 0) is 32.0 Å². The van der Waals surface area contributed by atoms with Crippen LogP contribution in [0.15, 0.2) is 23.1 Å². The van der Waals surface area contributed by atoms with E-state index in [4.69, 9.17) is 5.11 Å². The van der Waals surface area contributed by atoms with Crippen molar-refractivity contribution in [3.05, 3.63) is 29.6 Å². The number of hydrogen-bond donors (Lipinski definition) is 1. The average Bonchev–Trinajstić information content (AvgIpc) is 2.19. The van der Waals surface area contributed by atoms with Crippen LogP contribution in [0.3, 0.4) is 0 Å². The topological polar surface area (TPSA) is 37.3 Å². The Morgan fingerprint density at radius 3 is 2.22 bits per heavy atom. The first kappa shape index (κ1) is 14.8. The van der Waals surface area contributed by atoms with Gasteiger partial charge in [0.1, 0.15) is 10.6 Å². The summed E-state index contributed by atoms with van der Waals surface area (Å²) in [6.07, 6.45) is -4.62. The van der Waals surface area contributed by atoms with Crippen molar-refractivity contribution in [3.63, 3.8) is 0 Å². The summed E-state index contributed by atoms with van der Waals surface area (Å²) < 4.78 is 49.0. The van der Waals surface area contributed by atoms with E-state index in [-0.39, 0.29) is 4.90 Å². The lowest BCUT2D eigenvalue weighted by atomic mass is 10.2. The normalized spacial score (nSPS) is 12.6. The Hall–Kier alpha value is -1.24. The van der Waals surface area contributed by atoms with Crippen LogP contribution in [0, 0.1) is 5.82 Å². The average molecular weight is 282 g/mol. The molecule has 0 heterocycles. The van der Waals surface area contributed by atoms with Crippen LogP contribution < -0.4 is 0 Å². The van der Waals surface area contributed by atoms with E-state index in [9.17, 15) is 22.4 Å². The lowest BCUT2D eigenvalue weighted by molar-refractivity contribution is -0.139. The van der Waals surface area contributed by atoms with Crippen molar-refractivity contribution in [2.45, 2.75) is 29.7 Å². The van der Waals surface area contributed by atoms with E-state index in [2.05, 4.69) is 0 Å².